The number of carbonyl (C=O) groups excluding carboxylic acids is 1. The highest BCUT2D eigenvalue weighted by Crippen LogP contribution is 2.63. The third-order valence-corrected chi connectivity index (χ3v) is 7.75. The zero-order valence-electron chi connectivity index (χ0n) is 14.8. The van der Waals surface area contributed by atoms with Crippen LogP contribution in [0, 0.1) is 34.5 Å². The molecule has 0 aliphatic heterocycles. The Morgan fingerprint density at radius 1 is 1.09 bits per heavy atom. The Bertz CT molecular complexity index is 562. The Hall–Kier alpha value is -1.05. The highest BCUT2D eigenvalue weighted by Gasteiger charge is 2.55. The van der Waals surface area contributed by atoms with E-state index in [-0.39, 0.29) is 17.5 Å². The first-order valence-corrected chi connectivity index (χ1v) is 9.47. The van der Waals surface area contributed by atoms with Crippen LogP contribution < -0.4 is 0 Å². The number of rotatable bonds is 1. The molecule has 0 spiro atoms. The molecule has 2 saturated carbocycles. The Morgan fingerprint density at radius 3 is 2.70 bits per heavy atom. The van der Waals surface area contributed by atoms with Crippen molar-refractivity contribution in [2.45, 2.75) is 65.4 Å². The molecule has 2 unspecified atom stereocenters. The molecule has 0 amide bonds. The van der Waals surface area contributed by atoms with Crippen LogP contribution in [0.2, 0.25) is 0 Å². The third kappa shape index (κ3) is 2.32. The Morgan fingerprint density at radius 2 is 1.91 bits per heavy atom. The van der Waals surface area contributed by atoms with E-state index in [9.17, 15) is 4.79 Å². The molecule has 0 aromatic heterocycles. The number of hydrogen-bond donors (Lipinski definition) is 0. The van der Waals surface area contributed by atoms with Crippen molar-refractivity contribution in [3.8, 4) is 0 Å². The number of fused-ring (bicyclic) bond motifs is 5. The lowest BCUT2D eigenvalue weighted by Gasteiger charge is -2.56. The molecule has 23 heavy (non-hydrogen) atoms. The lowest BCUT2D eigenvalue weighted by Crippen LogP contribution is -2.49. The van der Waals surface area contributed by atoms with Gasteiger partial charge in [-0.05, 0) is 72.7 Å². The Balaban J connectivity index is 1.62. The van der Waals surface area contributed by atoms with Gasteiger partial charge < -0.3 is 4.74 Å². The molecule has 126 valence electrons. The zero-order chi connectivity index (χ0) is 16.2. The summed E-state index contributed by atoms with van der Waals surface area (Å²) in [5.74, 6) is 2.76. The molecule has 0 radical (unpaired) electrons. The van der Waals surface area contributed by atoms with Crippen LogP contribution in [0.3, 0.4) is 0 Å². The predicted octanol–water partition coefficient (Wildman–Crippen LogP) is 4.90. The molecule has 0 N–H and O–H groups in total. The van der Waals surface area contributed by atoms with Crippen LogP contribution in [0.4, 0.5) is 0 Å². The minimum atomic E-state index is -0.166. The van der Waals surface area contributed by atoms with Gasteiger partial charge in [0.05, 0.1) is 0 Å². The second kappa shape index (κ2) is 5.22. The van der Waals surface area contributed by atoms with E-state index >= 15 is 0 Å². The van der Waals surface area contributed by atoms with Crippen LogP contribution >= 0.6 is 0 Å². The fraction of sp³-hybridized carbons (Fsp3) is 0.762. The van der Waals surface area contributed by atoms with E-state index in [0.717, 1.165) is 24.2 Å². The average Bonchev–Trinajstić information content (AvgIpc) is 2.89. The van der Waals surface area contributed by atoms with E-state index < -0.39 is 0 Å². The first-order valence-electron chi connectivity index (χ1n) is 9.47. The van der Waals surface area contributed by atoms with E-state index in [0.29, 0.717) is 11.3 Å². The summed E-state index contributed by atoms with van der Waals surface area (Å²) in [4.78, 5) is 11.3. The molecule has 2 nitrogen and oxygen atoms in total. The maximum Gasteiger partial charge on any atom is 0.303 e. The van der Waals surface area contributed by atoms with E-state index in [1.54, 1.807) is 0 Å². The summed E-state index contributed by atoms with van der Waals surface area (Å²) in [6.07, 6.45) is 17.5. The van der Waals surface area contributed by atoms with Crippen molar-refractivity contribution >= 4 is 5.97 Å². The van der Waals surface area contributed by atoms with Gasteiger partial charge in [0, 0.05) is 6.92 Å². The summed E-state index contributed by atoms with van der Waals surface area (Å²) in [5.41, 5.74) is 0.841. The van der Waals surface area contributed by atoms with Gasteiger partial charge >= 0.3 is 5.97 Å². The summed E-state index contributed by atoms with van der Waals surface area (Å²) in [6.45, 7) is 6.50. The van der Waals surface area contributed by atoms with Gasteiger partial charge in [0.25, 0.3) is 0 Å². The molecule has 2 heteroatoms. The van der Waals surface area contributed by atoms with Crippen LogP contribution in [0.25, 0.3) is 0 Å². The quantitative estimate of drug-likeness (QED) is 0.508. The standard InChI is InChI=1S/C21H30O2/c1-14(22)23-16-8-12-21(3)15(13-16)6-7-17-18-5-4-10-20(18,2)11-9-19(17)21/h6-8,12,15-19H,4-5,9-11,13H2,1-3H3/t15?,16?,17-,18-,19-,20-,21-/m0/s1. The van der Waals surface area contributed by atoms with Gasteiger partial charge in [-0.25, -0.2) is 0 Å². The molecule has 0 aromatic carbocycles. The number of ether oxygens (including phenoxy) is 1. The van der Waals surface area contributed by atoms with Crippen LogP contribution in [-0.4, -0.2) is 12.1 Å². The second-order valence-electron chi connectivity index (χ2n) is 8.98. The SMILES string of the molecule is CC(=O)OC1C=C[C@@]2(C)C(C=C[C@H]3[C@@H]4CCC[C@@]4(C)CC[C@@H]32)C1. The molecular weight excluding hydrogens is 284 g/mol. The fourth-order valence-corrected chi connectivity index (χ4v) is 6.45. The van der Waals surface area contributed by atoms with Crippen molar-refractivity contribution in [2.75, 3.05) is 0 Å². The number of allylic oxidation sites excluding steroid dienone is 3. The van der Waals surface area contributed by atoms with Gasteiger partial charge in [0.2, 0.25) is 0 Å². The van der Waals surface area contributed by atoms with Gasteiger partial charge in [-0.15, -0.1) is 0 Å². The first kappa shape index (κ1) is 15.5. The average molecular weight is 314 g/mol. The van der Waals surface area contributed by atoms with E-state index in [2.05, 4.69) is 38.2 Å². The molecule has 4 rings (SSSR count). The van der Waals surface area contributed by atoms with Gasteiger partial charge in [-0.2, -0.15) is 0 Å². The van der Waals surface area contributed by atoms with Crippen LogP contribution in [0.5, 0.6) is 0 Å². The zero-order valence-corrected chi connectivity index (χ0v) is 14.8. The van der Waals surface area contributed by atoms with E-state index in [1.165, 1.54) is 39.0 Å². The predicted molar refractivity (Wildman–Crippen MR) is 91.7 cm³/mol. The van der Waals surface area contributed by atoms with Gasteiger partial charge in [-0.1, -0.05) is 38.5 Å². The molecule has 7 atom stereocenters. The van der Waals surface area contributed by atoms with Gasteiger partial charge in [0.15, 0.2) is 0 Å². The second-order valence-corrected chi connectivity index (χ2v) is 8.98. The summed E-state index contributed by atoms with van der Waals surface area (Å²) in [6, 6.07) is 0. The lowest BCUT2D eigenvalue weighted by molar-refractivity contribution is -0.145. The largest absolute Gasteiger partial charge is 0.458 e. The van der Waals surface area contributed by atoms with Crippen molar-refractivity contribution in [3.63, 3.8) is 0 Å². The number of carbonyl (C=O) groups is 1. The first-order chi connectivity index (χ1) is 10.9. The summed E-state index contributed by atoms with van der Waals surface area (Å²) in [5, 5.41) is 0. The highest BCUT2D eigenvalue weighted by atomic mass is 16.5. The smallest absolute Gasteiger partial charge is 0.303 e. The molecule has 0 aromatic rings. The molecular formula is C21H30O2. The summed E-state index contributed by atoms with van der Waals surface area (Å²) < 4.78 is 5.45. The number of esters is 1. The maximum absolute atomic E-state index is 11.3. The third-order valence-electron chi connectivity index (χ3n) is 7.75. The molecule has 0 bridgehead atoms. The Labute approximate surface area is 140 Å². The van der Waals surface area contributed by atoms with E-state index in [4.69, 9.17) is 4.74 Å². The lowest BCUT2D eigenvalue weighted by atomic mass is 9.48. The van der Waals surface area contributed by atoms with E-state index in [1.807, 2.05) is 0 Å². The van der Waals surface area contributed by atoms with Crippen molar-refractivity contribution in [1.82, 2.24) is 0 Å². The maximum atomic E-state index is 11.3. The normalized spacial score (nSPS) is 50.8. The number of hydrogen-bond acceptors (Lipinski definition) is 2. The van der Waals surface area contributed by atoms with Crippen molar-refractivity contribution in [2.24, 2.45) is 34.5 Å². The molecule has 2 fully saturated rings. The van der Waals surface area contributed by atoms with Crippen molar-refractivity contribution in [1.29, 1.82) is 0 Å². The fourth-order valence-electron chi connectivity index (χ4n) is 6.45. The minimum Gasteiger partial charge on any atom is -0.458 e. The molecule has 4 aliphatic rings. The molecule has 0 heterocycles. The van der Waals surface area contributed by atoms with Crippen LogP contribution in [0.15, 0.2) is 24.3 Å². The van der Waals surface area contributed by atoms with Crippen molar-refractivity contribution in [3.05, 3.63) is 24.3 Å². The monoisotopic (exact) mass is 314 g/mol. The topological polar surface area (TPSA) is 26.3 Å². The van der Waals surface area contributed by atoms with Crippen LogP contribution in [0.1, 0.15) is 59.3 Å². The minimum absolute atomic E-state index is 0.0351. The van der Waals surface area contributed by atoms with Crippen LogP contribution in [-0.2, 0) is 9.53 Å². The summed E-state index contributed by atoms with van der Waals surface area (Å²) >= 11 is 0. The molecule has 4 aliphatic carbocycles. The molecule has 0 saturated heterocycles. The van der Waals surface area contributed by atoms with Crippen molar-refractivity contribution < 1.29 is 9.53 Å². The highest BCUT2D eigenvalue weighted by molar-refractivity contribution is 5.66. The van der Waals surface area contributed by atoms with Gasteiger partial charge in [-0.3, -0.25) is 4.79 Å². The summed E-state index contributed by atoms with van der Waals surface area (Å²) in [7, 11) is 0. The Kier molecular flexibility index (Phi) is 3.52. The van der Waals surface area contributed by atoms with Gasteiger partial charge in [0.1, 0.15) is 6.10 Å².